The summed E-state index contributed by atoms with van der Waals surface area (Å²) in [5.74, 6) is -0.553. The maximum atomic E-state index is 13.0. The highest BCUT2D eigenvalue weighted by atomic mass is 35.5. The van der Waals surface area contributed by atoms with Gasteiger partial charge in [-0.2, -0.15) is 0 Å². The number of hydrogen-bond donors (Lipinski definition) is 1. The molecular weight excluding hydrogens is 294 g/mol. The van der Waals surface area contributed by atoms with Gasteiger partial charge in [-0.05, 0) is 24.6 Å². The number of hydrogen-bond acceptors (Lipinski definition) is 2. The predicted molar refractivity (Wildman–Crippen MR) is 72.0 cm³/mol. The molecule has 2 rings (SSSR count). The van der Waals surface area contributed by atoms with E-state index in [9.17, 15) is 14.0 Å². The molecule has 0 atom stereocenters. The van der Waals surface area contributed by atoms with Crippen LogP contribution in [0.1, 0.15) is 12.5 Å². The Morgan fingerprint density at radius 1 is 1.32 bits per heavy atom. The molecule has 0 saturated heterocycles. The van der Waals surface area contributed by atoms with E-state index in [-0.39, 0.29) is 21.4 Å². The first-order valence-corrected chi connectivity index (χ1v) is 6.20. The lowest BCUT2D eigenvalue weighted by Crippen LogP contribution is -2.36. The minimum atomic E-state index is -0.722. The Bertz CT molecular complexity index is 752. The van der Waals surface area contributed by atoms with E-state index in [0.29, 0.717) is 6.42 Å². The minimum absolute atomic E-state index is 0.00647. The van der Waals surface area contributed by atoms with Crippen molar-refractivity contribution in [2.75, 3.05) is 0 Å². The molecule has 0 aliphatic carbocycles. The van der Waals surface area contributed by atoms with Gasteiger partial charge in [0, 0.05) is 0 Å². The smallest absolute Gasteiger partial charge is 0.297 e. The number of rotatable bonds is 2. The summed E-state index contributed by atoms with van der Waals surface area (Å²) in [7, 11) is 0. The van der Waals surface area contributed by atoms with Crippen molar-refractivity contribution in [1.29, 1.82) is 0 Å². The molecule has 19 heavy (non-hydrogen) atoms. The van der Waals surface area contributed by atoms with Gasteiger partial charge in [-0.1, -0.05) is 30.1 Å². The van der Waals surface area contributed by atoms with Crippen LogP contribution >= 0.6 is 23.2 Å². The fourth-order valence-corrected chi connectivity index (χ4v) is 2.28. The zero-order valence-corrected chi connectivity index (χ0v) is 11.3. The van der Waals surface area contributed by atoms with Gasteiger partial charge >= 0.3 is 5.69 Å². The Morgan fingerprint density at radius 2 is 2.00 bits per heavy atom. The van der Waals surface area contributed by atoms with Crippen LogP contribution in [-0.2, 0) is 6.42 Å². The summed E-state index contributed by atoms with van der Waals surface area (Å²) in [6.45, 7) is 1.73. The highest BCUT2D eigenvalue weighted by Crippen LogP contribution is 2.19. The van der Waals surface area contributed by atoms with Crippen molar-refractivity contribution in [1.82, 2.24) is 9.55 Å². The van der Waals surface area contributed by atoms with Crippen molar-refractivity contribution in [2.24, 2.45) is 0 Å². The second-order valence-corrected chi connectivity index (χ2v) is 4.60. The van der Waals surface area contributed by atoms with Gasteiger partial charge in [-0.3, -0.25) is 9.78 Å². The molecule has 0 aliphatic rings. The summed E-state index contributed by atoms with van der Waals surface area (Å²) in [4.78, 5) is 26.4. The molecule has 7 heteroatoms. The van der Waals surface area contributed by atoms with Crippen LogP contribution in [0.5, 0.6) is 0 Å². The third kappa shape index (κ3) is 2.43. The zero-order chi connectivity index (χ0) is 14.2. The molecular formula is C12H9Cl2FN2O2. The van der Waals surface area contributed by atoms with Crippen molar-refractivity contribution in [3.8, 4) is 5.69 Å². The third-order valence-corrected chi connectivity index (χ3v) is 3.28. The van der Waals surface area contributed by atoms with Gasteiger partial charge in [0.1, 0.15) is 11.0 Å². The fraction of sp³-hybridized carbons (Fsp3) is 0.167. The second kappa shape index (κ2) is 5.19. The van der Waals surface area contributed by atoms with E-state index in [0.717, 1.165) is 16.7 Å². The van der Waals surface area contributed by atoms with E-state index in [2.05, 4.69) is 4.98 Å². The highest BCUT2D eigenvalue weighted by Gasteiger charge is 2.15. The van der Waals surface area contributed by atoms with Crippen molar-refractivity contribution >= 4 is 23.2 Å². The van der Waals surface area contributed by atoms with E-state index < -0.39 is 17.1 Å². The molecule has 0 fully saturated rings. The van der Waals surface area contributed by atoms with Crippen LogP contribution in [0.3, 0.4) is 0 Å². The van der Waals surface area contributed by atoms with Crippen LogP contribution < -0.4 is 11.2 Å². The number of aromatic amines is 1. The van der Waals surface area contributed by atoms with Gasteiger partial charge in [-0.25, -0.2) is 13.8 Å². The molecule has 1 N–H and O–H groups in total. The quantitative estimate of drug-likeness (QED) is 0.867. The van der Waals surface area contributed by atoms with E-state index in [1.54, 1.807) is 6.92 Å². The number of aromatic nitrogens is 2. The van der Waals surface area contributed by atoms with E-state index in [4.69, 9.17) is 23.2 Å². The van der Waals surface area contributed by atoms with Gasteiger partial charge < -0.3 is 0 Å². The largest absolute Gasteiger partial charge is 0.334 e. The Hall–Kier alpha value is -1.59. The van der Waals surface area contributed by atoms with Gasteiger partial charge in [0.05, 0.1) is 16.3 Å². The fourth-order valence-electron chi connectivity index (χ4n) is 1.73. The molecule has 4 nitrogen and oxygen atoms in total. The van der Waals surface area contributed by atoms with Crippen LogP contribution in [0.15, 0.2) is 27.8 Å². The molecule has 0 unspecified atom stereocenters. The Kier molecular flexibility index (Phi) is 3.78. The lowest BCUT2D eigenvalue weighted by Gasteiger charge is -2.09. The average Bonchev–Trinajstić information content (AvgIpc) is 2.31. The van der Waals surface area contributed by atoms with E-state index in [1.165, 1.54) is 6.07 Å². The van der Waals surface area contributed by atoms with Crippen LogP contribution in [0.2, 0.25) is 10.2 Å². The standard InChI is InChI=1S/C12H9Cl2FN2O2/c1-2-7-10(14)16-12(19)17(11(7)18)9-4-3-6(15)5-8(9)13/h3-5H,2H2,1H3,(H,16,19). The van der Waals surface area contributed by atoms with Gasteiger partial charge in [0.25, 0.3) is 5.56 Å². The minimum Gasteiger partial charge on any atom is -0.297 e. The summed E-state index contributed by atoms with van der Waals surface area (Å²) >= 11 is 11.7. The number of nitrogens with zero attached hydrogens (tertiary/aromatic N) is 1. The van der Waals surface area contributed by atoms with Crippen molar-refractivity contribution < 1.29 is 4.39 Å². The van der Waals surface area contributed by atoms with Gasteiger partial charge in [0.15, 0.2) is 0 Å². The lowest BCUT2D eigenvalue weighted by atomic mass is 10.2. The topological polar surface area (TPSA) is 54.9 Å². The first-order chi connectivity index (χ1) is 8.95. The summed E-state index contributed by atoms with van der Waals surface area (Å²) in [5.41, 5.74) is -0.909. The number of benzene rings is 1. The molecule has 2 aromatic rings. The summed E-state index contributed by atoms with van der Waals surface area (Å²) in [6.07, 6.45) is 0.354. The Balaban J connectivity index is 2.83. The first-order valence-electron chi connectivity index (χ1n) is 5.44. The van der Waals surface area contributed by atoms with Crippen molar-refractivity contribution in [2.45, 2.75) is 13.3 Å². The highest BCUT2D eigenvalue weighted by molar-refractivity contribution is 6.32. The van der Waals surface area contributed by atoms with Crippen LogP contribution in [0.25, 0.3) is 5.69 Å². The molecule has 0 radical (unpaired) electrons. The predicted octanol–water partition coefficient (Wildman–Crippen LogP) is 2.53. The van der Waals surface area contributed by atoms with Gasteiger partial charge in [0.2, 0.25) is 0 Å². The van der Waals surface area contributed by atoms with Crippen LogP contribution in [-0.4, -0.2) is 9.55 Å². The van der Waals surface area contributed by atoms with Gasteiger partial charge in [-0.15, -0.1) is 0 Å². The Morgan fingerprint density at radius 3 is 2.58 bits per heavy atom. The SMILES string of the molecule is CCc1c(Cl)[nH]c(=O)n(-c2ccc(F)cc2Cl)c1=O. The van der Waals surface area contributed by atoms with Crippen LogP contribution in [0, 0.1) is 5.82 Å². The molecule has 1 aromatic carbocycles. The van der Waals surface area contributed by atoms with Crippen LogP contribution in [0.4, 0.5) is 4.39 Å². The zero-order valence-electron chi connectivity index (χ0n) is 9.84. The number of nitrogens with one attached hydrogen (secondary N) is 1. The average molecular weight is 303 g/mol. The summed E-state index contributed by atoms with van der Waals surface area (Å²) in [5, 5.41) is -0.0241. The molecule has 0 aliphatic heterocycles. The van der Waals surface area contributed by atoms with Crippen molar-refractivity contribution in [3.63, 3.8) is 0 Å². The summed E-state index contributed by atoms with van der Waals surface area (Å²) in [6, 6.07) is 3.41. The Labute approximate surface area is 117 Å². The maximum absolute atomic E-state index is 13.0. The molecule has 1 heterocycles. The van der Waals surface area contributed by atoms with Crippen molar-refractivity contribution in [3.05, 3.63) is 60.6 Å². The van der Waals surface area contributed by atoms with E-state index >= 15 is 0 Å². The molecule has 0 amide bonds. The monoisotopic (exact) mass is 302 g/mol. The molecule has 0 spiro atoms. The first kappa shape index (κ1) is 13.8. The molecule has 1 aromatic heterocycles. The van der Waals surface area contributed by atoms with E-state index in [1.807, 2.05) is 0 Å². The normalized spacial score (nSPS) is 10.7. The molecule has 0 bridgehead atoms. The maximum Gasteiger partial charge on any atom is 0.334 e. The molecule has 0 saturated carbocycles. The second-order valence-electron chi connectivity index (χ2n) is 3.81. The molecule has 100 valence electrons. The lowest BCUT2D eigenvalue weighted by molar-refractivity contribution is 0.627. The number of H-pyrrole nitrogens is 1. The summed E-state index contributed by atoms with van der Waals surface area (Å²) < 4.78 is 13.8. The number of halogens is 3. The third-order valence-electron chi connectivity index (χ3n) is 2.65.